The van der Waals surface area contributed by atoms with Crippen molar-refractivity contribution in [2.75, 3.05) is 0 Å². The topological polar surface area (TPSA) is 52.6 Å². The fourth-order valence-electron chi connectivity index (χ4n) is 5.11. The van der Waals surface area contributed by atoms with E-state index in [0.29, 0.717) is 0 Å². The molecule has 0 radical (unpaired) electrons. The van der Waals surface area contributed by atoms with Gasteiger partial charge in [-0.25, -0.2) is 0 Å². The van der Waals surface area contributed by atoms with Gasteiger partial charge in [-0.15, -0.1) is 0 Å². The molecule has 4 aromatic rings. The van der Waals surface area contributed by atoms with Crippen LogP contribution >= 0.6 is 0 Å². The standard InChI is InChI=1S/C28H24O4/c1-15-20-10-9-19-7-5-6-8-22(19)26(20)16(2)27-21(15)11-12-24-23(27)13-14-25(31-17(3)29)28(24)32-18(4)30/h5-14,25,28H,1-4H3/t25-,28-/m1/s1. The van der Waals surface area contributed by atoms with Gasteiger partial charge < -0.3 is 9.47 Å². The molecule has 5 rings (SSSR count). The maximum atomic E-state index is 11.9. The minimum absolute atomic E-state index is 0.411. The van der Waals surface area contributed by atoms with Gasteiger partial charge in [0.1, 0.15) is 0 Å². The number of carbonyl (C=O) groups is 2. The van der Waals surface area contributed by atoms with E-state index in [1.54, 1.807) is 0 Å². The lowest BCUT2D eigenvalue weighted by Gasteiger charge is -2.30. The summed E-state index contributed by atoms with van der Waals surface area (Å²) in [5, 5.41) is 7.21. The lowest BCUT2D eigenvalue weighted by Crippen LogP contribution is -2.28. The highest BCUT2D eigenvalue weighted by Crippen LogP contribution is 2.43. The van der Waals surface area contributed by atoms with E-state index in [4.69, 9.17) is 9.47 Å². The van der Waals surface area contributed by atoms with Gasteiger partial charge in [-0.1, -0.05) is 54.6 Å². The fourth-order valence-corrected chi connectivity index (χ4v) is 5.11. The van der Waals surface area contributed by atoms with Crippen molar-refractivity contribution in [1.29, 1.82) is 0 Å². The van der Waals surface area contributed by atoms with Gasteiger partial charge in [0.15, 0.2) is 12.2 Å². The molecule has 0 amide bonds. The number of ether oxygens (including phenoxy) is 2. The van der Waals surface area contributed by atoms with Crippen molar-refractivity contribution < 1.29 is 19.1 Å². The van der Waals surface area contributed by atoms with Gasteiger partial charge >= 0.3 is 11.9 Å². The van der Waals surface area contributed by atoms with Gasteiger partial charge in [-0.3, -0.25) is 9.59 Å². The predicted octanol–water partition coefficient (Wildman–Crippen LogP) is 6.33. The summed E-state index contributed by atoms with van der Waals surface area (Å²) in [6.45, 7) is 7.05. The number of fused-ring (bicyclic) bond motifs is 6. The second-order valence-corrected chi connectivity index (χ2v) is 8.41. The molecule has 1 aliphatic rings. The van der Waals surface area contributed by atoms with Crippen molar-refractivity contribution in [1.82, 2.24) is 0 Å². The molecule has 0 bridgehead atoms. The summed E-state index contributed by atoms with van der Waals surface area (Å²) in [6, 6.07) is 16.9. The summed E-state index contributed by atoms with van der Waals surface area (Å²) in [4.78, 5) is 23.5. The molecular weight excluding hydrogens is 400 g/mol. The molecule has 0 saturated heterocycles. The Kier molecular flexibility index (Phi) is 4.74. The molecule has 2 atom stereocenters. The maximum Gasteiger partial charge on any atom is 0.303 e. The Morgan fingerprint density at radius 2 is 1.44 bits per heavy atom. The number of hydrogen-bond acceptors (Lipinski definition) is 4. The average Bonchev–Trinajstić information content (AvgIpc) is 2.77. The Balaban J connectivity index is 1.86. The minimum atomic E-state index is -0.677. The van der Waals surface area contributed by atoms with Gasteiger partial charge in [0.05, 0.1) is 0 Å². The number of esters is 2. The zero-order valence-electron chi connectivity index (χ0n) is 18.6. The molecule has 0 N–H and O–H groups in total. The number of benzene rings is 4. The van der Waals surface area contributed by atoms with Crippen molar-refractivity contribution in [2.45, 2.75) is 39.9 Å². The molecule has 1 aliphatic carbocycles. The van der Waals surface area contributed by atoms with Crippen molar-refractivity contribution in [3.63, 3.8) is 0 Å². The van der Waals surface area contributed by atoms with Crippen LogP contribution in [0.3, 0.4) is 0 Å². The summed E-state index contributed by atoms with van der Waals surface area (Å²) in [6.07, 6.45) is 2.49. The fraction of sp³-hybridized carbons (Fsp3) is 0.214. The Morgan fingerprint density at radius 1 is 0.750 bits per heavy atom. The SMILES string of the molecule is CC(=O)O[C@@H]1c2ccc3c(C)c4ccc5ccccc5c4c(C)c3c2C=C[C@H]1OC(C)=O. The first kappa shape index (κ1) is 20.3. The summed E-state index contributed by atoms with van der Waals surface area (Å²) in [7, 11) is 0. The van der Waals surface area contributed by atoms with Crippen LogP contribution in [-0.2, 0) is 19.1 Å². The second-order valence-electron chi connectivity index (χ2n) is 8.41. The summed E-state index contributed by atoms with van der Waals surface area (Å²) < 4.78 is 11.1. The second kappa shape index (κ2) is 7.49. The van der Waals surface area contributed by atoms with Crippen molar-refractivity contribution in [3.05, 3.63) is 76.9 Å². The Hall–Kier alpha value is -3.66. The van der Waals surface area contributed by atoms with Crippen LogP contribution in [0.25, 0.3) is 38.4 Å². The lowest BCUT2D eigenvalue weighted by molar-refractivity contribution is -0.162. The molecule has 4 aromatic carbocycles. The number of carbonyl (C=O) groups excluding carboxylic acids is 2. The number of aryl methyl sites for hydroxylation is 2. The smallest absolute Gasteiger partial charge is 0.303 e. The van der Waals surface area contributed by atoms with E-state index in [1.807, 2.05) is 18.2 Å². The average molecular weight is 424 g/mol. The molecule has 0 fully saturated rings. The number of hydrogen-bond donors (Lipinski definition) is 0. The molecule has 0 unspecified atom stereocenters. The monoisotopic (exact) mass is 424 g/mol. The molecule has 160 valence electrons. The van der Waals surface area contributed by atoms with Crippen LogP contribution in [0.4, 0.5) is 0 Å². The Labute approximate surface area is 186 Å². The van der Waals surface area contributed by atoms with Crippen molar-refractivity contribution >= 4 is 50.3 Å². The highest BCUT2D eigenvalue weighted by Gasteiger charge is 2.32. The van der Waals surface area contributed by atoms with Crippen LogP contribution in [0, 0.1) is 13.8 Å². The van der Waals surface area contributed by atoms with E-state index in [9.17, 15) is 9.59 Å². The third-order valence-corrected chi connectivity index (χ3v) is 6.42. The van der Waals surface area contributed by atoms with E-state index in [1.165, 1.54) is 51.9 Å². The van der Waals surface area contributed by atoms with Gasteiger partial charge in [0, 0.05) is 19.4 Å². The van der Waals surface area contributed by atoms with E-state index >= 15 is 0 Å². The first-order valence-electron chi connectivity index (χ1n) is 10.8. The number of rotatable bonds is 2. The molecule has 0 aliphatic heterocycles. The first-order valence-corrected chi connectivity index (χ1v) is 10.8. The van der Waals surface area contributed by atoms with E-state index in [-0.39, 0.29) is 0 Å². The molecule has 0 aromatic heterocycles. The zero-order chi connectivity index (χ0) is 22.6. The molecule has 0 spiro atoms. The van der Waals surface area contributed by atoms with E-state index in [0.717, 1.165) is 16.5 Å². The summed E-state index contributed by atoms with van der Waals surface area (Å²) >= 11 is 0. The van der Waals surface area contributed by atoms with Gasteiger partial charge in [-0.2, -0.15) is 0 Å². The van der Waals surface area contributed by atoms with Gasteiger partial charge in [0.2, 0.25) is 0 Å². The minimum Gasteiger partial charge on any atom is -0.454 e. The molecular formula is C28H24O4. The highest BCUT2D eigenvalue weighted by molar-refractivity contribution is 6.17. The third kappa shape index (κ3) is 3.06. The molecule has 0 saturated carbocycles. The molecule has 0 heterocycles. The zero-order valence-corrected chi connectivity index (χ0v) is 18.6. The van der Waals surface area contributed by atoms with Crippen LogP contribution in [0.15, 0.2) is 54.6 Å². The van der Waals surface area contributed by atoms with Crippen LogP contribution in [0.1, 0.15) is 42.2 Å². The first-order chi connectivity index (χ1) is 15.4. The van der Waals surface area contributed by atoms with Crippen LogP contribution in [0.2, 0.25) is 0 Å². The molecule has 4 heteroatoms. The van der Waals surface area contributed by atoms with Crippen molar-refractivity contribution in [3.8, 4) is 0 Å². The van der Waals surface area contributed by atoms with Gasteiger partial charge in [-0.05, 0) is 68.9 Å². The Bertz CT molecular complexity index is 1460. The summed E-state index contributed by atoms with van der Waals surface area (Å²) in [5.74, 6) is -0.823. The maximum absolute atomic E-state index is 11.9. The Morgan fingerprint density at radius 3 is 2.19 bits per heavy atom. The molecule has 4 nitrogen and oxygen atoms in total. The van der Waals surface area contributed by atoms with E-state index < -0.39 is 24.1 Å². The van der Waals surface area contributed by atoms with Crippen molar-refractivity contribution in [2.24, 2.45) is 0 Å². The quantitative estimate of drug-likeness (QED) is 0.214. The van der Waals surface area contributed by atoms with E-state index in [2.05, 4.69) is 56.3 Å². The van der Waals surface area contributed by atoms with Gasteiger partial charge in [0.25, 0.3) is 0 Å². The highest BCUT2D eigenvalue weighted by atomic mass is 16.6. The normalized spacial score (nSPS) is 17.5. The van der Waals surface area contributed by atoms with Crippen LogP contribution in [-0.4, -0.2) is 18.0 Å². The lowest BCUT2D eigenvalue weighted by atomic mass is 9.83. The summed E-state index contributed by atoms with van der Waals surface area (Å²) in [5.41, 5.74) is 4.26. The molecule has 32 heavy (non-hydrogen) atoms. The van der Waals surface area contributed by atoms with Crippen LogP contribution in [0.5, 0.6) is 0 Å². The predicted molar refractivity (Wildman–Crippen MR) is 128 cm³/mol. The van der Waals surface area contributed by atoms with Crippen LogP contribution < -0.4 is 0 Å². The largest absolute Gasteiger partial charge is 0.454 e. The third-order valence-electron chi connectivity index (χ3n) is 6.42.